The Labute approximate surface area is 167 Å². The molecular formula is C23H31NO2S. The smallest absolute Gasteiger partial charge is 0.260 e. The lowest BCUT2D eigenvalue weighted by Gasteiger charge is -2.19. The molecule has 1 N–H and O–H groups in total. The summed E-state index contributed by atoms with van der Waals surface area (Å²) in [5, 5.41) is 2.98. The van der Waals surface area contributed by atoms with Crippen LogP contribution in [0.4, 0.5) is 0 Å². The predicted molar refractivity (Wildman–Crippen MR) is 116 cm³/mol. The summed E-state index contributed by atoms with van der Waals surface area (Å²) in [6.07, 6.45) is -0.508. The van der Waals surface area contributed by atoms with Crippen molar-refractivity contribution in [3.8, 4) is 5.75 Å². The summed E-state index contributed by atoms with van der Waals surface area (Å²) in [5.41, 5.74) is 4.87. The molecule has 2 aromatic carbocycles. The average molecular weight is 386 g/mol. The number of carbonyl (C=O) groups is 1. The molecule has 4 heteroatoms. The fourth-order valence-electron chi connectivity index (χ4n) is 2.85. The van der Waals surface area contributed by atoms with Gasteiger partial charge in [0.05, 0.1) is 0 Å². The van der Waals surface area contributed by atoms with Crippen molar-refractivity contribution in [2.75, 3.05) is 12.3 Å². The Kier molecular flexibility index (Phi) is 8.23. The van der Waals surface area contributed by atoms with Crippen molar-refractivity contribution in [2.24, 2.45) is 0 Å². The second kappa shape index (κ2) is 10.4. The van der Waals surface area contributed by atoms with Crippen molar-refractivity contribution >= 4 is 17.7 Å². The summed E-state index contributed by atoms with van der Waals surface area (Å²) in [6.45, 7) is 10.9. The molecule has 0 aliphatic rings. The molecule has 1 atom stereocenters. The number of rotatable bonds is 9. The molecule has 0 spiro atoms. The van der Waals surface area contributed by atoms with Crippen LogP contribution in [0.2, 0.25) is 0 Å². The maximum atomic E-state index is 12.3. The highest BCUT2D eigenvalue weighted by Crippen LogP contribution is 2.28. The van der Waals surface area contributed by atoms with E-state index in [0.29, 0.717) is 12.5 Å². The summed E-state index contributed by atoms with van der Waals surface area (Å²) < 4.78 is 5.97. The van der Waals surface area contributed by atoms with Crippen LogP contribution in [0.5, 0.6) is 5.75 Å². The van der Waals surface area contributed by atoms with Crippen molar-refractivity contribution in [1.82, 2.24) is 5.32 Å². The quantitative estimate of drug-likeness (QED) is 0.600. The molecule has 2 rings (SSSR count). The first-order valence-electron chi connectivity index (χ1n) is 9.55. The van der Waals surface area contributed by atoms with Crippen LogP contribution in [0.3, 0.4) is 0 Å². The van der Waals surface area contributed by atoms with E-state index in [9.17, 15) is 4.79 Å². The Hall–Kier alpha value is -1.94. The number of ether oxygens (including phenoxy) is 1. The number of aryl methyl sites for hydroxylation is 2. The highest BCUT2D eigenvalue weighted by Gasteiger charge is 2.17. The third kappa shape index (κ3) is 6.94. The minimum Gasteiger partial charge on any atom is -0.481 e. The maximum absolute atomic E-state index is 12.3. The summed E-state index contributed by atoms with van der Waals surface area (Å²) in [6, 6.07) is 14.7. The number of nitrogens with one attached hydrogen (secondary N) is 1. The minimum atomic E-state index is -0.508. The van der Waals surface area contributed by atoms with Crippen molar-refractivity contribution in [1.29, 1.82) is 0 Å². The van der Waals surface area contributed by atoms with Gasteiger partial charge in [0.2, 0.25) is 0 Å². The summed E-state index contributed by atoms with van der Waals surface area (Å²) >= 11 is 1.83. The molecule has 0 aromatic heterocycles. The number of amides is 1. The molecule has 2 aromatic rings. The largest absolute Gasteiger partial charge is 0.481 e. The van der Waals surface area contributed by atoms with Gasteiger partial charge >= 0.3 is 0 Å². The molecule has 27 heavy (non-hydrogen) atoms. The monoisotopic (exact) mass is 385 g/mol. The molecule has 1 amide bonds. The van der Waals surface area contributed by atoms with E-state index >= 15 is 0 Å². The molecule has 0 heterocycles. The van der Waals surface area contributed by atoms with Crippen molar-refractivity contribution in [3.05, 3.63) is 64.7 Å². The van der Waals surface area contributed by atoms with Gasteiger partial charge in [0.1, 0.15) is 5.75 Å². The highest BCUT2D eigenvalue weighted by atomic mass is 32.2. The Morgan fingerprint density at radius 3 is 2.52 bits per heavy atom. The molecule has 0 aliphatic heterocycles. The molecule has 0 bridgehead atoms. The Morgan fingerprint density at radius 2 is 1.81 bits per heavy atom. The number of thioether (sulfide) groups is 1. The minimum absolute atomic E-state index is 0.0673. The van der Waals surface area contributed by atoms with Crippen LogP contribution >= 0.6 is 11.8 Å². The van der Waals surface area contributed by atoms with Crippen LogP contribution in [0.25, 0.3) is 0 Å². The molecule has 0 saturated heterocycles. The third-order valence-corrected chi connectivity index (χ3v) is 5.39. The number of benzene rings is 2. The fraction of sp³-hybridized carbons (Fsp3) is 0.435. The Morgan fingerprint density at radius 1 is 1.07 bits per heavy atom. The van der Waals surface area contributed by atoms with Gasteiger partial charge in [-0.05, 0) is 49.4 Å². The zero-order chi connectivity index (χ0) is 19.8. The van der Waals surface area contributed by atoms with Crippen molar-refractivity contribution < 1.29 is 9.53 Å². The van der Waals surface area contributed by atoms with E-state index in [1.54, 1.807) is 0 Å². The van der Waals surface area contributed by atoms with Crippen LogP contribution in [-0.2, 0) is 10.5 Å². The Bertz CT molecular complexity index is 758. The highest BCUT2D eigenvalue weighted by molar-refractivity contribution is 7.98. The predicted octanol–water partition coefficient (Wildman–Crippen LogP) is 5.24. The van der Waals surface area contributed by atoms with Crippen molar-refractivity contribution in [2.45, 2.75) is 52.4 Å². The first kappa shape index (κ1) is 21.4. The van der Waals surface area contributed by atoms with Crippen LogP contribution in [0.1, 0.15) is 48.9 Å². The van der Waals surface area contributed by atoms with E-state index < -0.39 is 6.10 Å². The molecule has 0 unspecified atom stereocenters. The lowest BCUT2D eigenvalue weighted by molar-refractivity contribution is -0.127. The van der Waals surface area contributed by atoms with Gasteiger partial charge in [-0.1, -0.05) is 55.8 Å². The molecular weight excluding hydrogens is 354 g/mol. The van der Waals surface area contributed by atoms with E-state index in [0.717, 1.165) is 28.4 Å². The number of hydrogen-bond acceptors (Lipinski definition) is 3. The zero-order valence-electron chi connectivity index (χ0n) is 17.0. The molecule has 3 nitrogen and oxygen atoms in total. The van der Waals surface area contributed by atoms with Crippen LogP contribution in [0.15, 0.2) is 42.5 Å². The van der Waals surface area contributed by atoms with Gasteiger partial charge < -0.3 is 10.1 Å². The lowest BCUT2D eigenvalue weighted by Crippen LogP contribution is -2.37. The van der Waals surface area contributed by atoms with E-state index in [1.165, 1.54) is 11.1 Å². The van der Waals surface area contributed by atoms with Gasteiger partial charge in [-0.15, -0.1) is 0 Å². The van der Waals surface area contributed by atoms with E-state index in [4.69, 9.17) is 4.74 Å². The average Bonchev–Trinajstić information content (AvgIpc) is 2.61. The van der Waals surface area contributed by atoms with E-state index in [-0.39, 0.29) is 5.91 Å². The van der Waals surface area contributed by atoms with Gasteiger partial charge in [0.15, 0.2) is 6.10 Å². The topological polar surface area (TPSA) is 38.3 Å². The second-order valence-electron chi connectivity index (χ2n) is 7.29. The van der Waals surface area contributed by atoms with Gasteiger partial charge in [0, 0.05) is 18.1 Å². The molecule has 0 radical (unpaired) electrons. The molecule has 0 aliphatic carbocycles. The first-order valence-corrected chi connectivity index (χ1v) is 10.7. The SMILES string of the molecule is Cc1cccc(CSCCNC(=O)[C@@H](C)Oc2cc(C)ccc2C(C)C)c1. The van der Waals surface area contributed by atoms with Crippen molar-refractivity contribution in [3.63, 3.8) is 0 Å². The van der Waals surface area contributed by atoms with Crippen LogP contribution in [0, 0.1) is 13.8 Å². The van der Waals surface area contributed by atoms with E-state index in [2.05, 4.69) is 62.5 Å². The van der Waals surface area contributed by atoms with Crippen LogP contribution in [-0.4, -0.2) is 24.3 Å². The third-order valence-electron chi connectivity index (χ3n) is 4.36. The second-order valence-corrected chi connectivity index (χ2v) is 8.39. The Balaban J connectivity index is 1.76. The van der Waals surface area contributed by atoms with Crippen LogP contribution < -0.4 is 10.1 Å². The first-order chi connectivity index (χ1) is 12.9. The lowest BCUT2D eigenvalue weighted by atomic mass is 10.0. The molecule has 0 fully saturated rings. The van der Waals surface area contributed by atoms with Gasteiger partial charge in [0.25, 0.3) is 5.91 Å². The fourth-order valence-corrected chi connectivity index (χ4v) is 3.65. The van der Waals surface area contributed by atoms with E-state index in [1.807, 2.05) is 31.7 Å². The number of carbonyl (C=O) groups excluding carboxylic acids is 1. The van der Waals surface area contributed by atoms with Gasteiger partial charge in [-0.2, -0.15) is 11.8 Å². The standard InChI is InChI=1S/C23H31NO2S/c1-16(2)21-10-9-18(4)14-22(21)26-19(5)23(25)24-11-12-27-15-20-8-6-7-17(3)13-20/h6-10,13-14,16,19H,11-12,15H2,1-5H3,(H,24,25)/t19-/m1/s1. The normalized spacial score (nSPS) is 12.1. The number of hydrogen-bond donors (Lipinski definition) is 1. The van der Waals surface area contributed by atoms with Gasteiger partial charge in [-0.3, -0.25) is 4.79 Å². The maximum Gasteiger partial charge on any atom is 0.260 e. The molecule has 0 saturated carbocycles. The van der Waals surface area contributed by atoms with Gasteiger partial charge in [-0.25, -0.2) is 0 Å². The molecule has 146 valence electrons. The summed E-state index contributed by atoms with van der Waals surface area (Å²) in [5.74, 6) is 2.94. The zero-order valence-corrected chi connectivity index (χ0v) is 17.9. The summed E-state index contributed by atoms with van der Waals surface area (Å²) in [7, 11) is 0. The summed E-state index contributed by atoms with van der Waals surface area (Å²) in [4.78, 5) is 12.3.